The molecular weight excluding hydrogens is 471 g/mol. The number of hydrogen-bond donors (Lipinski definition) is 0. The zero-order valence-electron chi connectivity index (χ0n) is 13.9. The summed E-state index contributed by atoms with van der Waals surface area (Å²) >= 11 is -4.02. The SMILES string of the molecule is O=[N][Mo]([Cl])([Cl])[N]=O.c1ccc2cnccc2c1.c1ccc2cnccc2c1. The molecule has 0 bridgehead atoms. The molecule has 0 amide bonds. The van der Waals surface area contributed by atoms with E-state index in [1.807, 2.05) is 61.2 Å². The van der Waals surface area contributed by atoms with Crippen LogP contribution in [0.15, 0.2) is 92.9 Å². The maximum atomic E-state index is 9.33. The predicted molar refractivity (Wildman–Crippen MR) is 107 cm³/mol. The van der Waals surface area contributed by atoms with Crippen molar-refractivity contribution in [2.24, 2.45) is 7.47 Å². The summed E-state index contributed by atoms with van der Waals surface area (Å²) in [5, 5.41) is 4.89. The van der Waals surface area contributed by atoms with Gasteiger partial charge < -0.3 is 0 Å². The van der Waals surface area contributed by atoms with Gasteiger partial charge in [-0.1, -0.05) is 48.5 Å². The molecule has 0 fully saturated rings. The second kappa shape index (κ2) is 10.8. The van der Waals surface area contributed by atoms with Crippen LogP contribution in [0.1, 0.15) is 0 Å². The number of nitrogens with zero attached hydrogens (tertiary/aromatic N) is 4. The molecule has 4 rings (SSSR count). The topological polar surface area (TPSA) is 84.6 Å². The van der Waals surface area contributed by atoms with Crippen LogP contribution < -0.4 is 0 Å². The van der Waals surface area contributed by atoms with Crippen molar-refractivity contribution in [2.75, 3.05) is 0 Å². The van der Waals surface area contributed by atoms with Crippen LogP contribution in [-0.2, 0) is 14.5 Å². The molecule has 0 aliphatic carbocycles. The van der Waals surface area contributed by atoms with Gasteiger partial charge in [-0.25, -0.2) is 0 Å². The average molecular weight is 485 g/mol. The largest absolute Gasteiger partial charge is 0.264 e. The van der Waals surface area contributed by atoms with Crippen molar-refractivity contribution in [3.05, 3.63) is 95.3 Å². The van der Waals surface area contributed by atoms with E-state index < -0.39 is 14.5 Å². The van der Waals surface area contributed by atoms with Gasteiger partial charge >= 0.3 is 50.6 Å². The Bertz CT molecular complexity index is 822. The van der Waals surface area contributed by atoms with E-state index in [2.05, 4.69) is 41.7 Å². The molecule has 0 aliphatic heterocycles. The summed E-state index contributed by atoms with van der Waals surface area (Å²) in [4.78, 5) is 26.7. The summed E-state index contributed by atoms with van der Waals surface area (Å²) in [7, 11) is 9.80. The molecule has 2 heterocycles. The van der Waals surface area contributed by atoms with E-state index in [0.29, 0.717) is 0 Å². The molecular formula is C18H14Cl2MoN4O2. The minimum Gasteiger partial charge on any atom is -0.264 e. The minimum atomic E-state index is -4.02. The molecule has 27 heavy (non-hydrogen) atoms. The number of aromatic nitrogens is 2. The van der Waals surface area contributed by atoms with Crippen LogP contribution in [-0.4, -0.2) is 9.97 Å². The maximum Gasteiger partial charge on any atom is 0.0346 e. The maximum absolute atomic E-state index is 9.33. The molecule has 0 atom stereocenters. The Morgan fingerprint density at radius 1 is 0.630 bits per heavy atom. The number of fused-ring (bicyclic) bond motifs is 2. The summed E-state index contributed by atoms with van der Waals surface area (Å²) < 4.78 is 4.26. The molecule has 0 saturated heterocycles. The van der Waals surface area contributed by atoms with Gasteiger partial charge in [-0.05, 0) is 33.7 Å². The van der Waals surface area contributed by atoms with Gasteiger partial charge in [0.05, 0.1) is 0 Å². The van der Waals surface area contributed by atoms with E-state index in [1.165, 1.54) is 21.5 Å². The first-order valence-electron chi connectivity index (χ1n) is 7.55. The van der Waals surface area contributed by atoms with E-state index in [9.17, 15) is 9.81 Å². The van der Waals surface area contributed by atoms with Crippen molar-refractivity contribution in [1.29, 1.82) is 0 Å². The third-order valence-electron chi connectivity index (χ3n) is 3.28. The number of rotatable bonds is 2. The van der Waals surface area contributed by atoms with Crippen LogP contribution in [0, 0.1) is 9.81 Å². The smallest absolute Gasteiger partial charge is 0.0346 e. The van der Waals surface area contributed by atoms with Gasteiger partial charge in [-0.3, -0.25) is 9.97 Å². The second-order valence-corrected chi connectivity index (χ2v) is 13.8. The van der Waals surface area contributed by atoms with Crippen LogP contribution >= 0.6 is 18.8 Å². The van der Waals surface area contributed by atoms with Crippen LogP contribution in [0.5, 0.6) is 0 Å². The van der Waals surface area contributed by atoms with Crippen LogP contribution in [0.3, 0.4) is 0 Å². The molecule has 2 aromatic carbocycles. The van der Waals surface area contributed by atoms with Crippen molar-refractivity contribution in [1.82, 2.24) is 9.97 Å². The van der Waals surface area contributed by atoms with E-state index in [-0.39, 0.29) is 0 Å². The number of halogens is 2. The number of pyridine rings is 2. The third kappa shape index (κ3) is 7.10. The molecule has 0 saturated carbocycles. The van der Waals surface area contributed by atoms with Crippen LogP contribution in [0.25, 0.3) is 21.5 Å². The molecule has 0 radical (unpaired) electrons. The zero-order valence-corrected chi connectivity index (χ0v) is 17.4. The monoisotopic (exact) mass is 486 g/mol. The van der Waals surface area contributed by atoms with Gasteiger partial charge in [0.2, 0.25) is 0 Å². The fraction of sp³-hybridized carbons (Fsp3) is 0. The van der Waals surface area contributed by atoms with E-state index in [0.717, 1.165) is 0 Å². The molecule has 2 aromatic heterocycles. The molecule has 9 heteroatoms. The summed E-state index contributed by atoms with van der Waals surface area (Å²) in [5.41, 5.74) is 0. The van der Waals surface area contributed by atoms with Gasteiger partial charge in [0.25, 0.3) is 0 Å². The summed E-state index contributed by atoms with van der Waals surface area (Å²) in [6.07, 6.45) is 7.36. The molecule has 4 aromatic rings. The third-order valence-corrected chi connectivity index (χ3v) is 5.49. The molecule has 0 unspecified atom stereocenters. The Labute approximate surface area is 167 Å². The Kier molecular flexibility index (Phi) is 8.39. The van der Waals surface area contributed by atoms with Crippen molar-refractivity contribution in [3.8, 4) is 0 Å². The molecule has 0 N–H and O–H groups in total. The number of hydrogen-bond acceptors (Lipinski definition) is 6. The second-order valence-electron chi connectivity index (χ2n) is 5.01. The van der Waals surface area contributed by atoms with Crippen molar-refractivity contribution in [2.45, 2.75) is 0 Å². The van der Waals surface area contributed by atoms with Gasteiger partial charge in [0, 0.05) is 24.8 Å². The average Bonchev–Trinajstić information content (AvgIpc) is 2.75. The fourth-order valence-corrected chi connectivity index (χ4v) is 2.13. The first-order chi connectivity index (χ1) is 13.1. The Hall–Kier alpha value is -2.27. The summed E-state index contributed by atoms with van der Waals surface area (Å²) in [5.74, 6) is 0. The number of nitroso groups, excluding NO2 is 2. The van der Waals surface area contributed by atoms with Gasteiger partial charge in [-0.2, -0.15) is 0 Å². The first kappa shape index (κ1) is 21.0. The summed E-state index contributed by atoms with van der Waals surface area (Å²) in [6.45, 7) is 0. The van der Waals surface area contributed by atoms with Crippen molar-refractivity contribution < 1.29 is 14.5 Å². The van der Waals surface area contributed by atoms with Gasteiger partial charge in [0.1, 0.15) is 0 Å². The fourth-order valence-electron chi connectivity index (χ4n) is 2.07. The molecule has 138 valence electrons. The van der Waals surface area contributed by atoms with E-state index in [1.54, 1.807) is 0 Å². The predicted octanol–water partition coefficient (Wildman–Crippen LogP) is 6.28. The van der Waals surface area contributed by atoms with E-state index >= 15 is 0 Å². The van der Waals surface area contributed by atoms with Crippen LogP contribution in [0.2, 0.25) is 0 Å². The summed E-state index contributed by atoms with van der Waals surface area (Å²) in [6, 6.07) is 20.4. The van der Waals surface area contributed by atoms with Gasteiger partial charge in [-0.15, -0.1) is 0 Å². The zero-order chi connectivity index (χ0) is 19.5. The van der Waals surface area contributed by atoms with E-state index in [4.69, 9.17) is 18.8 Å². The van der Waals surface area contributed by atoms with Crippen molar-refractivity contribution >= 4 is 40.4 Å². The Balaban J connectivity index is 0.000000149. The Morgan fingerprint density at radius 3 is 1.30 bits per heavy atom. The normalized spacial score (nSPS) is 10.7. The standard InChI is InChI=1S/2C9H7N.2ClH.Mo.2NO/c2*1-2-4-9-7-10-6-5-8(9)3-1;;;;2*1-2/h2*1-7H;2*1H;;;/q;;;;+4;2*-1/p-2. The molecule has 6 nitrogen and oxygen atoms in total. The quantitative estimate of drug-likeness (QED) is 0.247. The minimum absolute atomic E-state index is 1.20. The van der Waals surface area contributed by atoms with Gasteiger partial charge in [0.15, 0.2) is 0 Å². The molecule has 0 spiro atoms. The van der Waals surface area contributed by atoms with Crippen LogP contribution in [0.4, 0.5) is 0 Å². The number of benzene rings is 2. The first-order valence-corrected chi connectivity index (χ1v) is 14.5. The Morgan fingerprint density at radius 2 is 1.00 bits per heavy atom. The molecule has 0 aliphatic rings. The van der Waals surface area contributed by atoms with Crippen molar-refractivity contribution in [3.63, 3.8) is 0 Å².